The van der Waals surface area contributed by atoms with Gasteiger partial charge in [-0.05, 0) is 44.7 Å². The molecule has 158 valence electrons. The topological polar surface area (TPSA) is 93.5 Å². The van der Waals surface area contributed by atoms with Gasteiger partial charge in [0.15, 0.2) is 0 Å². The lowest BCUT2D eigenvalue weighted by Crippen LogP contribution is -2.38. The second-order valence-electron chi connectivity index (χ2n) is 7.52. The first-order valence-electron chi connectivity index (χ1n) is 9.70. The summed E-state index contributed by atoms with van der Waals surface area (Å²) in [4.78, 5) is 12.7. The minimum atomic E-state index is -3.63. The Labute approximate surface area is 171 Å². The Morgan fingerprint density at radius 3 is 2.62 bits per heavy atom. The Morgan fingerprint density at radius 1 is 1.28 bits per heavy atom. The Hall–Kier alpha value is -2.39. The molecule has 2 heterocycles. The number of anilines is 1. The van der Waals surface area contributed by atoms with Crippen LogP contribution in [-0.4, -0.2) is 48.6 Å². The van der Waals surface area contributed by atoms with Crippen molar-refractivity contribution in [1.82, 2.24) is 14.1 Å². The van der Waals surface area contributed by atoms with Crippen LogP contribution in [-0.2, 0) is 21.4 Å². The Balaban J connectivity index is 1.77. The molecule has 1 amide bonds. The van der Waals surface area contributed by atoms with Crippen molar-refractivity contribution in [3.05, 3.63) is 35.7 Å². The molecule has 1 saturated heterocycles. The van der Waals surface area contributed by atoms with E-state index in [1.165, 1.54) is 8.99 Å². The number of piperidine rings is 1. The van der Waals surface area contributed by atoms with E-state index in [0.717, 1.165) is 12.8 Å². The molecule has 1 aliphatic rings. The Bertz CT molecular complexity index is 992. The van der Waals surface area contributed by atoms with Crippen molar-refractivity contribution < 1.29 is 17.9 Å². The van der Waals surface area contributed by atoms with Crippen LogP contribution >= 0.6 is 0 Å². The third-order valence-electron chi connectivity index (χ3n) is 5.30. The van der Waals surface area contributed by atoms with Gasteiger partial charge in [-0.15, -0.1) is 0 Å². The van der Waals surface area contributed by atoms with Crippen LogP contribution in [0.15, 0.2) is 29.2 Å². The van der Waals surface area contributed by atoms with Crippen LogP contribution in [0, 0.1) is 19.8 Å². The van der Waals surface area contributed by atoms with Gasteiger partial charge in [0, 0.05) is 24.8 Å². The summed E-state index contributed by atoms with van der Waals surface area (Å²) < 4.78 is 34.4. The number of carbonyl (C=O) groups is 1. The second kappa shape index (κ2) is 8.54. The summed E-state index contributed by atoms with van der Waals surface area (Å²) in [6, 6.07) is 7.04. The first-order chi connectivity index (χ1) is 13.7. The lowest BCUT2D eigenvalue weighted by atomic mass is 10.0. The highest BCUT2D eigenvalue weighted by atomic mass is 32.2. The normalized spacial score (nSPS) is 16.0. The SMILES string of the molecule is COc1cccc(NC(=O)Cn2nc(C)c(S(=O)(=O)N3CCC(C)CC3)c2C)c1. The third kappa shape index (κ3) is 4.62. The highest BCUT2D eigenvalue weighted by Crippen LogP contribution is 2.27. The van der Waals surface area contributed by atoms with Crippen molar-refractivity contribution in [3.8, 4) is 5.75 Å². The molecule has 1 aliphatic heterocycles. The summed E-state index contributed by atoms with van der Waals surface area (Å²) in [6.07, 6.45) is 1.71. The number of amides is 1. The number of benzene rings is 1. The number of nitrogens with zero attached hydrogens (tertiary/aromatic N) is 3. The summed E-state index contributed by atoms with van der Waals surface area (Å²) in [6.45, 7) is 6.46. The Kier molecular flexibility index (Phi) is 6.28. The predicted molar refractivity (Wildman–Crippen MR) is 110 cm³/mol. The summed E-state index contributed by atoms with van der Waals surface area (Å²) >= 11 is 0. The highest BCUT2D eigenvalue weighted by Gasteiger charge is 2.33. The number of nitrogens with one attached hydrogen (secondary N) is 1. The first-order valence-corrected chi connectivity index (χ1v) is 11.1. The van der Waals surface area contributed by atoms with E-state index in [2.05, 4.69) is 17.3 Å². The van der Waals surface area contributed by atoms with Crippen molar-refractivity contribution >= 4 is 21.6 Å². The van der Waals surface area contributed by atoms with Gasteiger partial charge in [-0.1, -0.05) is 13.0 Å². The molecule has 0 saturated carbocycles. The van der Waals surface area contributed by atoms with Gasteiger partial charge in [-0.2, -0.15) is 9.40 Å². The average molecular weight is 421 g/mol. The number of hydrogen-bond donors (Lipinski definition) is 1. The standard InChI is InChI=1S/C20H28N4O4S/c1-14-8-10-23(11-9-14)29(26,27)20-15(2)22-24(16(20)3)13-19(25)21-17-6-5-7-18(12-17)28-4/h5-7,12,14H,8-11,13H2,1-4H3,(H,21,25). The van der Waals surface area contributed by atoms with E-state index in [0.29, 0.717) is 41.8 Å². The van der Waals surface area contributed by atoms with Gasteiger partial charge in [0.25, 0.3) is 0 Å². The maximum absolute atomic E-state index is 13.2. The molecule has 9 heteroatoms. The molecule has 0 aliphatic carbocycles. The molecule has 1 N–H and O–H groups in total. The highest BCUT2D eigenvalue weighted by molar-refractivity contribution is 7.89. The van der Waals surface area contributed by atoms with Crippen LogP contribution in [0.1, 0.15) is 31.2 Å². The lowest BCUT2D eigenvalue weighted by Gasteiger charge is -2.29. The first kappa shape index (κ1) is 21.3. The van der Waals surface area contributed by atoms with Crippen LogP contribution in [0.2, 0.25) is 0 Å². The molecular formula is C20H28N4O4S. The molecule has 8 nitrogen and oxygen atoms in total. The molecule has 1 fully saturated rings. The fourth-order valence-corrected chi connectivity index (χ4v) is 5.44. The van der Waals surface area contributed by atoms with Gasteiger partial charge in [0.05, 0.1) is 18.5 Å². The molecule has 1 aromatic carbocycles. The van der Waals surface area contributed by atoms with Crippen LogP contribution in [0.3, 0.4) is 0 Å². The van der Waals surface area contributed by atoms with E-state index in [-0.39, 0.29) is 17.3 Å². The molecule has 0 bridgehead atoms. The van der Waals surface area contributed by atoms with Crippen LogP contribution in [0.5, 0.6) is 5.75 Å². The summed E-state index contributed by atoms with van der Waals surface area (Å²) in [5.41, 5.74) is 1.49. The number of sulfonamides is 1. The van der Waals surface area contributed by atoms with Crippen molar-refractivity contribution in [3.63, 3.8) is 0 Å². The fraction of sp³-hybridized carbons (Fsp3) is 0.500. The summed E-state index contributed by atoms with van der Waals surface area (Å²) in [7, 11) is -2.07. The van der Waals surface area contributed by atoms with E-state index in [1.807, 2.05) is 0 Å². The summed E-state index contributed by atoms with van der Waals surface area (Å²) in [5.74, 6) is 0.879. The van der Waals surface area contributed by atoms with Gasteiger partial charge in [0.1, 0.15) is 17.2 Å². The molecule has 3 rings (SSSR count). The van der Waals surface area contributed by atoms with E-state index in [1.54, 1.807) is 45.2 Å². The molecule has 2 aromatic rings. The minimum absolute atomic E-state index is 0.0730. The van der Waals surface area contributed by atoms with Crippen LogP contribution < -0.4 is 10.1 Å². The van der Waals surface area contributed by atoms with E-state index >= 15 is 0 Å². The van der Waals surface area contributed by atoms with Gasteiger partial charge in [-0.25, -0.2) is 8.42 Å². The van der Waals surface area contributed by atoms with E-state index in [4.69, 9.17) is 4.74 Å². The van der Waals surface area contributed by atoms with Crippen LogP contribution in [0.25, 0.3) is 0 Å². The zero-order valence-electron chi connectivity index (χ0n) is 17.3. The van der Waals surface area contributed by atoms with Crippen molar-refractivity contribution in [2.45, 2.75) is 45.1 Å². The number of aromatic nitrogens is 2. The molecule has 29 heavy (non-hydrogen) atoms. The smallest absolute Gasteiger partial charge is 0.246 e. The monoisotopic (exact) mass is 420 g/mol. The zero-order chi connectivity index (χ0) is 21.2. The van der Waals surface area contributed by atoms with Crippen molar-refractivity contribution in [2.75, 3.05) is 25.5 Å². The molecule has 0 atom stereocenters. The zero-order valence-corrected chi connectivity index (χ0v) is 18.1. The van der Waals surface area contributed by atoms with Gasteiger partial charge in [0.2, 0.25) is 15.9 Å². The largest absolute Gasteiger partial charge is 0.497 e. The van der Waals surface area contributed by atoms with Gasteiger partial charge < -0.3 is 10.1 Å². The lowest BCUT2D eigenvalue weighted by molar-refractivity contribution is -0.116. The number of aryl methyl sites for hydroxylation is 1. The second-order valence-corrected chi connectivity index (χ2v) is 9.40. The number of hydrogen-bond acceptors (Lipinski definition) is 5. The molecule has 1 aromatic heterocycles. The van der Waals surface area contributed by atoms with E-state index < -0.39 is 10.0 Å². The predicted octanol–water partition coefficient (Wildman–Crippen LogP) is 2.57. The summed E-state index contributed by atoms with van der Waals surface area (Å²) in [5, 5.41) is 7.12. The quantitative estimate of drug-likeness (QED) is 0.775. The maximum Gasteiger partial charge on any atom is 0.246 e. The minimum Gasteiger partial charge on any atom is -0.497 e. The van der Waals surface area contributed by atoms with Gasteiger partial charge in [-0.3, -0.25) is 9.48 Å². The molecule has 0 radical (unpaired) electrons. The molecule has 0 unspecified atom stereocenters. The Morgan fingerprint density at radius 2 is 1.97 bits per heavy atom. The number of methoxy groups -OCH3 is 1. The third-order valence-corrected chi connectivity index (χ3v) is 7.45. The number of rotatable bonds is 6. The average Bonchev–Trinajstić information content (AvgIpc) is 2.95. The van der Waals surface area contributed by atoms with E-state index in [9.17, 15) is 13.2 Å². The fourth-order valence-electron chi connectivity index (χ4n) is 3.60. The molecule has 0 spiro atoms. The number of carbonyl (C=O) groups excluding carboxylic acids is 1. The van der Waals surface area contributed by atoms with Gasteiger partial charge >= 0.3 is 0 Å². The maximum atomic E-state index is 13.2. The van der Waals surface area contributed by atoms with Crippen molar-refractivity contribution in [1.29, 1.82) is 0 Å². The van der Waals surface area contributed by atoms with Crippen molar-refractivity contribution in [2.24, 2.45) is 5.92 Å². The van der Waals surface area contributed by atoms with Crippen LogP contribution in [0.4, 0.5) is 5.69 Å². The molecular weight excluding hydrogens is 392 g/mol. The number of ether oxygens (including phenoxy) is 1.